The lowest BCUT2D eigenvalue weighted by Gasteiger charge is -2.13. The van der Waals surface area contributed by atoms with Crippen LogP contribution in [0.5, 0.6) is 23.0 Å². The van der Waals surface area contributed by atoms with Crippen LogP contribution in [0.25, 0.3) is 6.08 Å². The van der Waals surface area contributed by atoms with Gasteiger partial charge in [-0.25, -0.2) is 0 Å². The Bertz CT molecular complexity index is 818. The second-order valence-corrected chi connectivity index (χ2v) is 5.25. The number of alkyl halides is 2. The van der Waals surface area contributed by atoms with E-state index >= 15 is 0 Å². The highest BCUT2D eigenvalue weighted by molar-refractivity contribution is 6.09. The van der Waals surface area contributed by atoms with Crippen molar-refractivity contribution in [3.63, 3.8) is 0 Å². The van der Waals surface area contributed by atoms with Crippen LogP contribution in [0.1, 0.15) is 22.8 Å². The second kappa shape index (κ2) is 9.56. The molecule has 0 saturated carbocycles. The Morgan fingerprint density at radius 1 is 1.11 bits per heavy atom. The summed E-state index contributed by atoms with van der Waals surface area (Å²) in [6.45, 7) is -1.01. The van der Waals surface area contributed by atoms with Crippen molar-refractivity contribution in [1.82, 2.24) is 0 Å². The van der Waals surface area contributed by atoms with Crippen molar-refractivity contribution in [3.05, 3.63) is 53.6 Å². The van der Waals surface area contributed by atoms with Crippen LogP contribution >= 0.6 is 0 Å². The van der Waals surface area contributed by atoms with E-state index < -0.39 is 6.61 Å². The Morgan fingerprint density at radius 3 is 2.52 bits per heavy atom. The number of halogens is 2. The van der Waals surface area contributed by atoms with Gasteiger partial charge in [-0.1, -0.05) is 12.1 Å². The van der Waals surface area contributed by atoms with Crippen molar-refractivity contribution < 1.29 is 32.5 Å². The summed E-state index contributed by atoms with van der Waals surface area (Å²) in [6, 6.07) is 9.51. The Morgan fingerprint density at radius 2 is 1.89 bits per heavy atom. The number of carbonyl (C=O) groups is 1. The first-order valence-corrected chi connectivity index (χ1v) is 8.15. The van der Waals surface area contributed by atoms with E-state index in [0.717, 1.165) is 0 Å². The fourth-order valence-corrected chi connectivity index (χ4v) is 2.41. The first kappa shape index (κ1) is 20.2. The minimum atomic E-state index is -3.02. The van der Waals surface area contributed by atoms with E-state index in [-0.39, 0.29) is 35.0 Å². The van der Waals surface area contributed by atoms with Gasteiger partial charge in [-0.2, -0.15) is 8.78 Å². The van der Waals surface area contributed by atoms with Gasteiger partial charge in [-0.15, -0.1) is 0 Å². The zero-order valence-electron chi connectivity index (χ0n) is 15.2. The number of ether oxygens (including phenoxy) is 4. The van der Waals surface area contributed by atoms with E-state index in [4.69, 9.17) is 14.2 Å². The lowest BCUT2D eigenvalue weighted by atomic mass is 10.1. The molecule has 27 heavy (non-hydrogen) atoms. The van der Waals surface area contributed by atoms with Gasteiger partial charge in [0.15, 0.2) is 17.3 Å². The van der Waals surface area contributed by atoms with Crippen LogP contribution in [0, 0.1) is 0 Å². The molecule has 0 amide bonds. The number of para-hydroxylation sites is 1. The SMILES string of the molecule is CCOc1cccc(/C=C/C(=O)c2cc(OC)ccc2OC)c1OC(F)F. The molecule has 0 fully saturated rings. The van der Waals surface area contributed by atoms with Crippen LogP contribution < -0.4 is 18.9 Å². The van der Waals surface area contributed by atoms with Gasteiger partial charge in [0, 0.05) is 5.56 Å². The molecule has 0 radical (unpaired) electrons. The van der Waals surface area contributed by atoms with E-state index in [0.29, 0.717) is 11.5 Å². The number of hydrogen-bond acceptors (Lipinski definition) is 5. The zero-order chi connectivity index (χ0) is 19.8. The predicted molar refractivity (Wildman–Crippen MR) is 97.2 cm³/mol. The number of allylic oxidation sites excluding steroid dienone is 1. The average Bonchev–Trinajstić information content (AvgIpc) is 2.67. The van der Waals surface area contributed by atoms with Crippen molar-refractivity contribution >= 4 is 11.9 Å². The minimum Gasteiger partial charge on any atom is -0.497 e. The van der Waals surface area contributed by atoms with Crippen LogP contribution in [-0.4, -0.2) is 33.2 Å². The Balaban J connectivity index is 2.37. The molecule has 0 unspecified atom stereocenters. The summed E-state index contributed by atoms with van der Waals surface area (Å²) < 4.78 is 45.8. The molecular formula is C20H20F2O5. The normalized spacial score (nSPS) is 10.9. The van der Waals surface area contributed by atoms with Crippen molar-refractivity contribution in [2.45, 2.75) is 13.5 Å². The summed E-state index contributed by atoms with van der Waals surface area (Å²) in [7, 11) is 2.93. The lowest BCUT2D eigenvalue weighted by Crippen LogP contribution is -2.06. The van der Waals surface area contributed by atoms with Gasteiger partial charge >= 0.3 is 6.61 Å². The summed E-state index contributed by atoms with van der Waals surface area (Å²) >= 11 is 0. The molecule has 0 bridgehead atoms. The number of hydrogen-bond donors (Lipinski definition) is 0. The molecule has 0 atom stereocenters. The third-order valence-electron chi connectivity index (χ3n) is 3.60. The van der Waals surface area contributed by atoms with E-state index in [9.17, 15) is 13.6 Å². The molecule has 0 aliphatic heterocycles. The van der Waals surface area contributed by atoms with Gasteiger partial charge in [-0.3, -0.25) is 4.79 Å². The zero-order valence-corrected chi connectivity index (χ0v) is 15.2. The van der Waals surface area contributed by atoms with Crippen LogP contribution in [0.15, 0.2) is 42.5 Å². The number of methoxy groups -OCH3 is 2. The number of carbonyl (C=O) groups excluding carboxylic acids is 1. The minimum absolute atomic E-state index is 0.129. The van der Waals surface area contributed by atoms with Gasteiger partial charge in [0.05, 0.1) is 26.4 Å². The Kier molecular flexibility index (Phi) is 7.16. The third-order valence-corrected chi connectivity index (χ3v) is 3.60. The lowest BCUT2D eigenvalue weighted by molar-refractivity contribution is -0.0515. The summed E-state index contributed by atoms with van der Waals surface area (Å²) in [5, 5.41) is 0. The van der Waals surface area contributed by atoms with Crippen molar-refractivity contribution in [2.75, 3.05) is 20.8 Å². The van der Waals surface area contributed by atoms with E-state index in [1.165, 1.54) is 32.4 Å². The van der Waals surface area contributed by atoms with Crippen LogP contribution in [0.3, 0.4) is 0 Å². The largest absolute Gasteiger partial charge is 0.497 e. The molecule has 0 aromatic heterocycles. The average molecular weight is 378 g/mol. The molecule has 144 valence electrons. The molecule has 0 aliphatic rings. The number of benzene rings is 2. The fourth-order valence-electron chi connectivity index (χ4n) is 2.41. The highest BCUT2D eigenvalue weighted by Crippen LogP contribution is 2.34. The highest BCUT2D eigenvalue weighted by Gasteiger charge is 2.16. The molecule has 0 spiro atoms. The molecule has 7 heteroatoms. The topological polar surface area (TPSA) is 54.0 Å². The first-order valence-electron chi connectivity index (χ1n) is 8.15. The predicted octanol–water partition coefficient (Wildman–Crippen LogP) is 4.60. The molecule has 0 saturated heterocycles. The van der Waals surface area contributed by atoms with Gasteiger partial charge in [0.1, 0.15) is 11.5 Å². The van der Waals surface area contributed by atoms with Gasteiger partial charge < -0.3 is 18.9 Å². The maximum Gasteiger partial charge on any atom is 0.387 e. The summed E-state index contributed by atoms with van der Waals surface area (Å²) in [5.74, 6) is 0.531. The molecule has 2 aromatic carbocycles. The molecule has 0 aliphatic carbocycles. The van der Waals surface area contributed by atoms with E-state index in [1.54, 1.807) is 37.3 Å². The first-order chi connectivity index (χ1) is 13.0. The maximum absolute atomic E-state index is 12.8. The fraction of sp³-hybridized carbons (Fsp3) is 0.250. The molecule has 5 nitrogen and oxygen atoms in total. The molecule has 2 aromatic rings. The summed E-state index contributed by atoms with van der Waals surface area (Å²) in [5.41, 5.74) is 0.571. The van der Waals surface area contributed by atoms with Crippen molar-refractivity contribution in [2.24, 2.45) is 0 Å². The second-order valence-electron chi connectivity index (χ2n) is 5.25. The van der Waals surface area contributed by atoms with Crippen LogP contribution in [0.4, 0.5) is 8.78 Å². The van der Waals surface area contributed by atoms with E-state index in [2.05, 4.69) is 4.74 Å². The maximum atomic E-state index is 12.8. The van der Waals surface area contributed by atoms with Crippen LogP contribution in [-0.2, 0) is 0 Å². The van der Waals surface area contributed by atoms with Crippen molar-refractivity contribution in [1.29, 1.82) is 0 Å². The molecule has 0 N–H and O–H groups in total. The summed E-state index contributed by atoms with van der Waals surface area (Å²) in [4.78, 5) is 12.6. The summed E-state index contributed by atoms with van der Waals surface area (Å²) in [6.07, 6.45) is 2.64. The van der Waals surface area contributed by atoms with Gasteiger partial charge in [0.25, 0.3) is 0 Å². The van der Waals surface area contributed by atoms with Crippen molar-refractivity contribution in [3.8, 4) is 23.0 Å². The Labute approximate surface area is 156 Å². The highest BCUT2D eigenvalue weighted by atomic mass is 19.3. The molecular weight excluding hydrogens is 358 g/mol. The smallest absolute Gasteiger partial charge is 0.387 e. The monoisotopic (exact) mass is 378 g/mol. The van der Waals surface area contributed by atoms with Crippen LogP contribution in [0.2, 0.25) is 0 Å². The Hall–Kier alpha value is -3.09. The van der Waals surface area contributed by atoms with Gasteiger partial charge in [0.2, 0.25) is 0 Å². The van der Waals surface area contributed by atoms with Gasteiger partial charge in [-0.05, 0) is 43.3 Å². The molecule has 0 heterocycles. The quantitative estimate of drug-likeness (QED) is 0.472. The third kappa shape index (κ3) is 5.20. The van der Waals surface area contributed by atoms with E-state index in [1.807, 2.05) is 0 Å². The molecule has 2 rings (SSSR count). The number of ketones is 1. The number of rotatable bonds is 9. The standard InChI is InChI=1S/C20H20F2O5/c1-4-26-18-7-5-6-13(19(18)27-20(21)22)8-10-16(23)15-12-14(24-2)9-11-17(15)25-3/h5-12,20H,4H2,1-3H3/b10-8+.